The molecule has 0 atom stereocenters. The second-order valence-corrected chi connectivity index (χ2v) is 4.88. The Bertz CT molecular complexity index is 748. The summed E-state index contributed by atoms with van der Waals surface area (Å²) < 4.78 is 18.4. The van der Waals surface area contributed by atoms with Gasteiger partial charge >= 0.3 is 0 Å². The molecule has 0 fully saturated rings. The van der Waals surface area contributed by atoms with E-state index in [-0.39, 0.29) is 11.7 Å². The highest BCUT2D eigenvalue weighted by molar-refractivity contribution is 5.99. The summed E-state index contributed by atoms with van der Waals surface area (Å²) in [6, 6.07) is 13.4. The first-order valence-corrected chi connectivity index (χ1v) is 6.88. The maximum absolute atomic E-state index is 12.8. The van der Waals surface area contributed by atoms with E-state index in [1.165, 1.54) is 30.3 Å². The van der Waals surface area contributed by atoms with E-state index >= 15 is 0 Å². The SMILES string of the molecule is O=C(/C=C/C1=Cc2ccccc2OC1)Nc1ccc(F)cc1. The summed E-state index contributed by atoms with van der Waals surface area (Å²) in [6.07, 6.45) is 5.14. The maximum Gasteiger partial charge on any atom is 0.248 e. The number of nitrogens with one attached hydrogen (secondary N) is 1. The number of anilines is 1. The van der Waals surface area contributed by atoms with Crippen LogP contribution < -0.4 is 10.1 Å². The summed E-state index contributed by atoms with van der Waals surface area (Å²) in [5.74, 6) is 0.235. The molecule has 22 heavy (non-hydrogen) atoms. The molecule has 3 rings (SSSR count). The summed E-state index contributed by atoms with van der Waals surface area (Å²) in [4.78, 5) is 11.8. The highest BCUT2D eigenvalue weighted by Crippen LogP contribution is 2.25. The van der Waals surface area contributed by atoms with Crippen LogP contribution in [0.2, 0.25) is 0 Å². The molecule has 1 amide bonds. The molecule has 0 saturated carbocycles. The third kappa shape index (κ3) is 3.41. The minimum absolute atomic E-state index is 0.272. The highest BCUT2D eigenvalue weighted by Gasteiger charge is 2.08. The number of carbonyl (C=O) groups is 1. The average molecular weight is 295 g/mol. The molecule has 2 aromatic rings. The zero-order chi connectivity index (χ0) is 15.4. The quantitative estimate of drug-likeness (QED) is 0.875. The molecule has 0 aliphatic carbocycles. The van der Waals surface area contributed by atoms with Crippen LogP contribution in [0.25, 0.3) is 6.08 Å². The standard InChI is InChI=1S/C18H14FNO2/c19-15-6-8-16(9-7-15)20-18(21)10-5-13-11-14-3-1-2-4-17(14)22-12-13/h1-11H,12H2,(H,20,21)/b10-5+. The van der Waals surface area contributed by atoms with Gasteiger partial charge in [-0.1, -0.05) is 24.3 Å². The molecule has 0 unspecified atom stereocenters. The van der Waals surface area contributed by atoms with Gasteiger partial charge in [0.05, 0.1) is 0 Å². The van der Waals surface area contributed by atoms with E-state index in [0.717, 1.165) is 16.9 Å². The number of carbonyl (C=O) groups excluding carboxylic acids is 1. The van der Waals surface area contributed by atoms with Crippen LogP contribution in [-0.2, 0) is 4.79 Å². The Kier molecular flexibility index (Phi) is 4.01. The number of hydrogen-bond donors (Lipinski definition) is 1. The third-order valence-corrected chi connectivity index (χ3v) is 3.21. The topological polar surface area (TPSA) is 38.3 Å². The fourth-order valence-corrected chi connectivity index (χ4v) is 2.13. The van der Waals surface area contributed by atoms with Crippen molar-refractivity contribution in [3.8, 4) is 5.75 Å². The summed E-state index contributed by atoms with van der Waals surface area (Å²) in [6.45, 7) is 0.428. The zero-order valence-electron chi connectivity index (χ0n) is 11.8. The van der Waals surface area contributed by atoms with Gasteiger partial charge in [-0.25, -0.2) is 4.39 Å². The fraction of sp³-hybridized carbons (Fsp3) is 0.0556. The molecule has 3 nitrogen and oxygen atoms in total. The van der Waals surface area contributed by atoms with Crippen molar-refractivity contribution in [3.63, 3.8) is 0 Å². The molecule has 0 aromatic heterocycles. The van der Waals surface area contributed by atoms with Crippen LogP contribution in [0.4, 0.5) is 10.1 Å². The van der Waals surface area contributed by atoms with Gasteiger partial charge in [0.1, 0.15) is 18.2 Å². The lowest BCUT2D eigenvalue weighted by Crippen LogP contribution is -2.09. The van der Waals surface area contributed by atoms with E-state index in [9.17, 15) is 9.18 Å². The van der Waals surface area contributed by atoms with Crippen molar-refractivity contribution in [1.82, 2.24) is 0 Å². The van der Waals surface area contributed by atoms with Crippen LogP contribution in [0.5, 0.6) is 5.75 Å². The van der Waals surface area contributed by atoms with Crippen LogP contribution in [0.1, 0.15) is 5.56 Å². The van der Waals surface area contributed by atoms with Gasteiger partial charge in [0, 0.05) is 17.3 Å². The van der Waals surface area contributed by atoms with Crippen LogP contribution in [-0.4, -0.2) is 12.5 Å². The van der Waals surface area contributed by atoms with Crippen molar-refractivity contribution >= 4 is 17.7 Å². The monoisotopic (exact) mass is 295 g/mol. The van der Waals surface area contributed by atoms with Gasteiger partial charge in [0.15, 0.2) is 0 Å². The van der Waals surface area contributed by atoms with Gasteiger partial charge in [-0.15, -0.1) is 0 Å². The van der Waals surface area contributed by atoms with Crippen LogP contribution in [0.3, 0.4) is 0 Å². The maximum atomic E-state index is 12.8. The van der Waals surface area contributed by atoms with E-state index in [1.807, 2.05) is 30.3 Å². The van der Waals surface area contributed by atoms with Gasteiger partial charge in [0.2, 0.25) is 5.91 Å². The Labute approximate surface area is 127 Å². The molecule has 1 heterocycles. The number of para-hydroxylation sites is 1. The normalized spacial score (nSPS) is 13.2. The molecule has 0 radical (unpaired) electrons. The van der Waals surface area contributed by atoms with Gasteiger partial charge in [-0.2, -0.15) is 0 Å². The van der Waals surface area contributed by atoms with Crippen molar-refractivity contribution in [3.05, 3.63) is 77.6 Å². The molecule has 110 valence electrons. The molecule has 4 heteroatoms. The molecular formula is C18H14FNO2. The fourth-order valence-electron chi connectivity index (χ4n) is 2.13. The Balaban J connectivity index is 1.66. The number of halogens is 1. The minimum Gasteiger partial charge on any atom is -0.488 e. The van der Waals surface area contributed by atoms with Crippen molar-refractivity contribution in [2.24, 2.45) is 0 Å². The van der Waals surface area contributed by atoms with Gasteiger partial charge in [-0.05, 0) is 42.0 Å². The Morgan fingerprint density at radius 1 is 1.14 bits per heavy atom. The van der Waals surface area contributed by atoms with E-state index in [4.69, 9.17) is 4.74 Å². The van der Waals surface area contributed by atoms with Crippen LogP contribution in [0, 0.1) is 5.82 Å². The predicted octanol–water partition coefficient (Wildman–Crippen LogP) is 3.80. The molecule has 0 bridgehead atoms. The summed E-state index contributed by atoms with van der Waals surface area (Å²) in [5.41, 5.74) is 2.45. The molecule has 1 aliphatic heterocycles. The number of amides is 1. The number of fused-ring (bicyclic) bond motifs is 1. The van der Waals surface area contributed by atoms with Crippen molar-refractivity contribution in [2.45, 2.75) is 0 Å². The van der Waals surface area contributed by atoms with Gasteiger partial charge in [-0.3, -0.25) is 4.79 Å². The minimum atomic E-state index is -0.336. The molecule has 2 aromatic carbocycles. The first kappa shape index (κ1) is 14.1. The summed E-state index contributed by atoms with van der Waals surface area (Å²) in [7, 11) is 0. The van der Waals surface area contributed by atoms with Crippen molar-refractivity contribution in [1.29, 1.82) is 0 Å². The zero-order valence-corrected chi connectivity index (χ0v) is 11.8. The summed E-state index contributed by atoms with van der Waals surface area (Å²) in [5, 5.41) is 2.67. The first-order chi connectivity index (χ1) is 10.7. The van der Waals surface area contributed by atoms with Crippen molar-refractivity contribution in [2.75, 3.05) is 11.9 Å². The Morgan fingerprint density at radius 3 is 2.73 bits per heavy atom. The molecule has 0 saturated heterocycles. The summed E-state index contributed by atoms with van der Waals surface area (Å²) >= 11 is 0. The van der Waals surface area contributed by atoms with E-state index in [2.05, 4.69) is 5.32 Å². The number of hydrogen-bond acceptors (Lipinski definition) is 2. The van der Waals surface area contributed by atoms with E-state index < -0.39 is 0 Å². The molecule has 1 N–H and O–H groups in total. The van der Waals surface area contributed by atoms with E-state index in [1.54, 1.807) is 6.08 Å². The van der Waals surface area contributed by atoms with E-state index in [0.29, 0.717) is 12.3 Å². The predicted molar refractivity (Wildman–Crippen MR) is 84.1 cm³/mol. The average Bonchev–Trinajstić information content (AvgIpc) is 2.55. The smallest absolute Gasteiger partial charge is 0.248 e. The van der Waals surface area contributed by atoms with Crippen LogP contribution in [0.15, 0.2) is 66.3 Å². The first-order valence-electron chi connectivity index (χ1n) is 6.88. The lowest BCUT2D eigenvalue weighted by atomic mass is 10.1. The molecular weight excluding hydrogens is 281 g/mol. The van der Waals surface area contributed by atoms with Crippen LogP contribution >= 0.6 is 0 Å². The Hall–Kier alpha value is -2.88. The molecule has 0 spiro atoms. The lowest BCUT2D eigenvalue weighted by Gasteiger charge is -2.15. The largest absolute Gasteiger partial charge is 0.488 e. The molecule has 1 aliphatic rings. The highest BCUT2D eigenvalue weighted by atomic mass is 19.1. The number of ether oxygens (including phenoxy) is 1. The van der Waals surface area contributed by atoms with Gasteiger partial charge in [0.25, 0.3) is 0 Å². The van der Waals surface area contributed by atoms with Gasteiger partial charge < -0.3 is 10.1 Å². The number of rotatable bonds is 3. The van der Waals surface area contributed by atoms with Crippen molar-refractivity contribution < 1.29 is 13.9 Å². The Morgan fingerprint density at radius 2 is 1.91 bits per heavy atom. The number of benzene rings is 2. The third-order valence-electron chi connectivity index (χ3n) is 3.21. The second kappa shape index (κ2) is 6.26. The lowest BCUT2D eigenvalue weighted by molar-refractivity contribution is -0.111. The second-order valence-electron chi connectivity index (χ2n) is 4.88.